The van der Waals surface area contributed by atoms with Crippen molar-refractivity contribution in [3.63, 3.8) is 0 Å². The fourth-order valence-electron chi connectivity index (χ4n) is 0.780. The summed E-state index contributed by atoms with van der Waals surface area (Å²) in [5.74, 6) is 2.36. The monoisotopic (exact) mass is 221 g/mol. The zero-order valence-corrected chi connectivity index (χ0v) is 8.01. The molecule has 2 heteroatoms. The smallest absolute Gasteiger partial charge is 0.0830 e. The molecule has 0 aliphatic carbocycles. The first-order valence-corrected chi connectivity index (χ1v) is 4.21. The molecule has 0 bridgehead atoms. The van der Waals surface area contributed by atoms with Crippen molar-refractivity contribution in [2.24, 2.45) is 5.73 Å². The maximum atomic E-state index is 5.46. The highest BCUT2D eigenvalue weighted by Gasteiger charge is 1.88. The molecule has 1 aromatic rings. The van der Waals surface area contributed by atoms with Gasteiger partial charge in [0, 0.05) is 4.47 Å². The van der Waals surface area contributed by atoms with Crippen LogP contribution in [0.4, 0.5) is 0 Å². The van der Waals surface area contributed by atoms with Crippen LogP contribution in [0, 0.1) is 12.3 Å². The summed E-state index contributed by atoms with van der Waals surface area (Å²) < 4.78 is 1.04. The zero-order chi connectivity index (χ0) is 8.97. The van der Waals surface area contributed by atoms with E-state index in [0.29, 0.717) is 5.70 Å². The summed E-state index contributed by atoms with van der Waals surface area (Å²) in [6, 6.07) is 7.76. The van der Waals surface area contributed by atoms with E-state index in [1.807, 2.05) is 24.3 Å². The summed E-state index contributed by atoms with van der Waals surface area (Å²) >= 11 is 3.34. The van der Waals surface area contributed by atoms with Gasteiger partial charge < -0.3 is 5.73 Å². The first-order chi connectivity index (χ1) is 5.72. The van der Waals surface area contributed by atoms with Crippen LogP contribution in [0.3, 0.4) is 0 Å². The second-order valence-corrected chi connectivity index (χ2v) is 3.21. The van der Waals surface area contributed by atoms with Gasteiger partial charge in [0.25, 0.3) is 0 Å². The number of halogens is 1. The first-order valence-electron chi connectivity index (χ1n) is 3.42. The van der Waals surface area contributed by atoms with E-state index < -0.39 is 0 Å². The summed E-state index contributed by atoms with van der Waals surface area (Å²) in [4.78, 5) is 0. The molecule has 2 N–H and O–H groups in total. The van der Waals surface area contributed by atoms with Crippen LogP contribution < -0.4 is 5.73 Å². The molecule has 0 saturated heterocycles. The van der Waals surface area contributed by atoms with Crippen molar-refractivity contribution < 1.29 is 0 Å². The Morgan fingerprint density at radius 2 is 2.00 bits per heavy atom. The Morgan fingerprint density at radius 1 is 1.42 bits per heavy atom. The quantitative estimate of drug-likeness (QED) is 0.725. The summed E-state index contributed by atoms with van der Waals surface area (Å²) in [5, 5.41) is 0. The lowest BCUT2D eigenvalue weighted by Gasteiger charge is -1.93. The Bertz CT molecular complexity index is 330. The molecule has 60 valence electrons. The van der Waals surface area contributed by atoms with Crippen molar-refractivity contribution in [3.05, 3.63) is 40.0 Å². The van der Waals surface area contributed by atoms with Crippen LogP contribution in [0.5, 0.6) is 0 Å². The topological polar surface area (TPSA) is 26.0 Å². The van der Waals surface area contributed by atoms with E-state index >= 15 is 0 Å². The third-order valence-corrected chi connectivity index (χ3v) is 1.89. The van der Waals surface area contributed by atoms with Gasteiger partial charge in [0.2, 0.25) is 0 Å². The van der Waals surface area contributed by atoms with Gasteiger partial charge in [0.15, 0.2) is 0 Å². The molecule has 0 radical (unpaired) electrons. The van der Waals surface area contributed by atoms with Crippen LogP contribution in [-0.4, -0.2) is 0 Å². The average molecular weight is 222 g/mol. The van der Waals surface area contributed by atoms with Gasteiger partial charge in [-0.1, -0.05) is 34.0 Å². The lowest BCUT2D eigenvalue weighted by Crippen LogP contribution is -1.91. The van der Waals surface area contributed by atoms with Crippen LogP contribution in [0.25, 0.3) is 6.08 Å². The lowest BCUT2D eigenvalue weighted by molar-refractivity contribution is 1.49. The van der Waals surface area contributed by atoms with Crippen molar-refractivity contribution in [1.29, 1.82) is 0 Å². The van der Waals surface area contributed by atoms with E-state index in [4.69, 9.17) is 12.2 Å². The Hall–Kier alpha value is -1.20. The highest BCUT2D eigenvalue weighted by molar-refractivity contribution is 9.10. The van der Waals surface area contributed by atoms with Gasteiger partial charge in [-0.05, 0) is 23.8 Å². The number of rotatable bonds is 1. The fourth-order valence-corrected chi connectivity index (χ4v) is 1.04. The van der Waals surface area contributed by atoms with Gasteiger partial charge >= 0.3 is 0 Å². The molecular weight excluding hydrogens is 214 g/mol. The Labute approximate surface area is 80.4 Å². The number of terminal acetylenes is 1. The van der Waals surface area contributed by atoms with Gasteiger partial charge in [-0.2, -0.15) is 0 Å². The molecule has 0 aliphatic rings. The summed E-state index contributed by atoms with van der Waals surface area (Å²) in [6.45, 7) is 0. The molecule has 1 aromatic carbocycles. The van der Waals surface area contributed by atoms with Gasteiger partial charge in [0.1, 0.15) is 0 Å². The van der Waals surface area contributed by atoms with Crippen molar-refractivity contribution in [3.8, 4) is 12.3 Å². The summed E-state index contributed by atoms with van der Waals surface area (Å²) in [5.41, 5.74) is 6.91. The highest BCUT2D eigenvalue weighted by atomic mass is 79.9. The van der Waals surface area contributed by atoms with E-state index in [1.54, 1.807) is 6.08 Å². The Morgan fingerprint density at radius 3 is 2.50 bits per heavy atom. The summed E-state index contributed by atoms with van der Waals surface area (Å²) in [7, 11) is 0. The second-order valence-electron chi connectivity index (χ2n) is 2.30. The number of allylic oxidation sites excluding steroid dienone is 1. The van der Waals surface area contributed by atoms with E-state index in [0.717, 1.165) is 10.0 Å². The molecule has 0 aliphatic heterocycles. The molecule has 0 aromatic heterocycles. The molecule has 0 atom stereocenters. The van der Waals surface area contributed by atoms with E-state index in [2.05, 4.69) is 21.9 Å². The SMILES string of the molecule is C#C/C(N)=C\c1ccc(Br)cc1. The minimum atomic E-state index is 0.442. The number of hydrogen-bond acceptors (Lipinski definition) is 1. The van der Waals surface area contributed by atoms with Crippen molar-refractivity contribution in [2.75, 3.05) is 0 Å². The predicted molar refractivity (Wildman–Crippen MR) is 55.1 cm³/mol. The van der Waals surface area contributed by atoms with Gasteiger partial charge in [-0.25, -0.2) is 0 Å². The fraction of sp³-hybridized carbons (Fsp3) is 0. The van der Waals surface area contributed by atoms with Crippen molar-refractivity contribution >= 4 is 22.0 Å². The van der Waals surface area contributed by atoms with Crippen LogP contribution in [-0.2, 0) is 0 Å². The molecule has 1 rings (SSSR count). The van der Waals surface area contributed by atoms with Gasteiger partial charge in [0.05, 0.1) is 5.70 Å². The minimum Gasteiger partial charge on any atom is -0.392 e. The second kappa shape index (κ2) is 3.99. The molecule has 0 heterocycles. The molecule has 12 heavy (non-hydrogen) atoms. The molecule has 0 spiro atoms. The van der Waals surface area contributed by atoms with Gasteiger partial charge in [-0.15, -0.1) is 6.42 Å². The van der Waals surface area contributed by atoms with Crippen LogP contribution in [0.2, 0.25) is 0 Å². The predicted octanol–water partition coefficient (Wildman–Crippen LogP) is 2.38. The molecule has 0 fully saturated rings. The number of benzene rings is 1. The van der Waals surface area contributed by atoms with Gasteiger partial charge in [-0.3, -0.25) is 0 Å². The third-order valence-electron chi connectivity index (χ3n) is 1.36. The van der Waals surface area contributed by atoms with Crippen LogP contribution in [0.1, 0.15) is 5.56 Å². The van der Waals surface area contributed by atoms with Crippen LogP contribution in [0.15, 0.2) is 34.4 Å². The zero-order valence-electron chi connectivity index (χ0n) is 6.42. The first kappa shape index (κ1) is 8.89. The van der Waals surface area contributed by atoms with Crippen LogP contribution >= 0.6 is 15.9 Å². The molecule has 0 unspecified atom stereocenters. The van der Waals surface area contributed by atoms with E-state index in [-0.39, 0.29) is 0 Å². The summed E-state index contributed by atoms with van der Waals surface area (Å²) in [6.07, 6.45) is 6.85. The standard InChI is InChI=1S/C10H8BrN/c1-2-10(12)7-8-3-5-9(11)6-4-8/h1,3-7H,12H2/b10-7+. The third kappa shape index (κ3) is 2.44. The Balaban J connectivity index is 2.93. The van der Waals surface area contributed by atoms with Crippen molar-refractivity contribution in [2.45, 2.75) is 0 Å². The maximum absolute atomic E-state index is 5.46. The number of nitrogens with two attached hydrogens (primary N) is 1. The normalized spacial score (nSPS) is 10.8. The Kier molecular flexibility index (Phi) is 2.95. The van der Waals surface area contributed by atoms with Crippen molar-refractivity contribution in [1.82, 2.24) is 0 Å². The molecule has 1 nitrogen and oxygen atoms in total. The van der Waals surface area contributed by atoms with E-state index in [1.165, 1.54) is 0 Å². The molecular formula is C10H8BrN. The minimum absolute atomic E-state index is 0.442. The number of hydrogen-bond donors (Lipinski definition) is 1. The maximum Gasteiger partial charge on any atom is 0.0830 e. The van der Waals surface area contributed by atoms with E-state index in [9.17, 15) is 0 Å². The highest BCUT2D eigenvalue weighted by Crippen LogP contribution is 2.11. The lowest BCUT2D eigenvalue weighted by atomic mass is 10.2. The molecule has 0 amide bonds. The largest absolute Gasteiger partial charge is 0.392 e. The average Bonchev–Trinajstić information content (AvgIpc) is 2.09. The molecule has 0 saturated carbocycles.